The van der Waals surface area contributed by atoms with E-state index in [1.165, 1.54) is 24.4 Å². The maximum Gasteiger partial charge on any atom is 0.341 e. The van der Waals surface area contributed by atoms with Crippen LogP contribution in [0.5, 0.6) is 0 Å². The van der Waals surface area contributed by atoms with Gasteiger partial charge in [-0.3, -0.25) is 4.72 Å². The summed E-state index contributed by atoms with van der Waals surface area (Å²) in [6.07, 6.45) is 1.40. The molecule has 0 aromatic carbocycles. The summed E-state index contributed by atoms with van der Waals surface area (Å²) in [7, 11) is -3.74. The highest BCUT2D eigenvalue weighted by atomic mass is 32.2. The molecule has 20 heavy (non-hydrogen) atoms. The molecule has 0 atom stereocenters. The zero-order valence-electron chi connectivity index (χ0n) is 10.6. The number of thiophene rings is 1. The van der Waals surface area contributed by atoms with E-state index >= 15 is 0 Å². The Morgan fingerprint density at radius 1 is 1.40 bits per heavy atom. The maximum absolute atomic E-state index is 12.1. The monoisotopic (exact) mass is 312 g/mol. The van der Waals surface area contributed by atoms with Gasteiger partial charge in [-0.05, 0) is 30.5 Å². The van der Waals surface area contributed by atoms with Crippen molar-refractivity contribution in [2.45, 2.75) is 11.1 Å². The second kappa shape index (κ2) is 6.02. The van der Waals surface area contributed by atoms with Gasteiger partial charge in [0.2, 0.25) is 0 Å². The van der Waals surface area contributed by atoms with E-state index < -0.39 is 16.0 Å². The first-order valence-electron chi connectivity index (χ1n) is 5.73. The molecule has 0 amide bonds. The molecular weight excluding hydrogens is 300 g/mol. The molecule has 0 bridgehead atoms. The first-order valence-corrected chi connectivity index (χ1v) is 8.09. The van der Waals surface area contributed by atoms with Gasteiger partial charge >= 0.3 is 5.97 Å². The van der Waals surface area contributed by atoms with Crippen LogP contribution in [-0.4, -0.2) is 26.0 Å². The van der Waals surface area contributed by atoms with Gasteiger partial charge < -0.3 is 4.74 Å². The first kappa shape index (κ1) is 14.5. The summed E-state index contributed by atoms with van der Waals surface area (Å²) in [6.45, 7) is 1.87. The SMILES string of the molecule is CCOC(=O)c1cccnc1NS(=O)(=O)c1cccs1. The van der Waals surface area contributed by atoms with E-state index in [4.69, 9.17) is 4.74 Å². The predicted molar refractivity (Wildman–Crippen MR) is 75.3 cm³/mol. The number of carbonyl (C=O) groups excluding carboxylic acids is 1. The molecule has 2 aromatic rings. The molecule has 0 fully saturated rings. The van der Waals surface area contributed by atoms with Crippen LogP contribution in [0.25, 0.3) is 0 Å². The van der Waals surface area contributed by atoms with Crippen LogP contribution >= 0.6 is 11.3 Å². The lowest BCUT2D eigenvalue weighted by molar-refractivity contribution is 0.0527. The number of hydrogen-bond acceptors (Lipinski definition) is 6. The van der Waals surface area contributed by atoms with Gasteiger partial charge in [0.05, 0.1) is 6.61 Å². The number of rotatable bonds is 5. The molecule has 0 radical (unpaired) electrons. The van der Waals surface area contributed by atoms with E-state index in [9.17, 15) is 13.2 Å². The summed E-state index contributed by atoms with van der Waals surface area (Å²) in [5.74, 6) is -0.663. The van der Waals surface area contributed by atoms with Crippen molar-refractivity contribution in [1.29, 1.82) is 0 Å². The standard InChI is InChI=1S/C12H12N2O4S2/c1-2-18-12(15)9-5-3-7-13-11(9)14-20(16,17)10-6-4-8-19-10/h3-8H,2H2,1H3,(H,13,14). The number of hydrogen-bond donors (Lipinski definition) is 1. The van der Waals surface area contributed by atoms with Gasteiger partial charge in [0.1, 0.15) is 9.77 Å². The zero-order valence-corrected chi connectivity index (χ0v) is 12.2. The molecule has 0 aliphatic rings. The molecule has 8 heteroatoms. The molecule has 2 aromatic heterocycles. The Morgan fingerprint density at radius 3 is 2.85 bits per heavy atom. The Hall–Kier alpha value is -1.93. The third-order valence-corrected chi connectivity index (χ3v) is 5.03. The molecule has 0 unspecified atom stereocenters. The molecular formula is C12H12N2O4S2. The van der Waals surface area contributed by atoms with Crippen molar-refractivity contribution in [2.24, 2.45) is 0 Å². The number of esters is 1. The Balaban J connectivity index is 2.33. The normalized spacial score (nSPS) is 11.1. The van der Waals surface area contributed by atoms with Crippen LogP contribution in [0.4, 0.5) is 5.82 Å². The van der Waals surface area contributed by atoms with Gasteiger partial charge in [0.15, 0.2) is 5.82 Å². The van der Waals surface area contributed by atoms with E-state index in [0.29, 0.717) is 0 Å². The molecule has 0 saturated carbocycles. The van der Waals surface area contributed by atoms with Crippen LogP contribution in [0, 0.1) is 0 Å². The van der Waals surface area contributed by atoms with Gasteiger partial charge in [-0.2, -0.15) is 0 Å². The molecule has 0 aliphatic carbocycles. The van der Waals surface area contributed by atoms with Gasteiger partial charge in [-0.1, -0.05) is 6.07 Å². The van der Waals surface area contributed by atoms with Gasteiger partial charge in [-0.15, -0.1) is 11.3 Å². The fourth-order valence-corrected chi connectivity index (χ4v) is 3.48. The topological polar surface area (TPSA) is 85.4 Å². The molecule has 0 aliphatic heterocycles. The summed E-state index contributed by atoms with van der Waals surface area (Å²) in [6, 6.07) is 6.09. The van der Waals surface area contributed by atoms with Gasteiger partial charge in [0, 0.05) is 6.20 Å². The predicted octanol–water partition coefficient (Wildman–Crippen LogP) is 2.12. The highest BCUT2D eigenvalue weighted by Crippen LogP contribution is 2.21. The minimum Gasteiger partial charge on any atom is -0.462 e. The molecule has 2 rings (SSSR count). The van der Waals surface area contributed by atoms with Gasteiger partial charge in [-0.25, -0.2) is 18.2 Å². The zero-order chi connectivity index (χ0) is 14.6. The van der Waals surface area contributed by atoms with E-state index in [1.54, 1.807) is 18.4 Å². The van der Waals surface area contributed by atoms with Gasteiger partial charge in [0.25, 0.3) is 10.0 Å². The Kier molecular flexibility index (Phi) is 4.35. The summed E-state index contributed by atoms with van der Waals surface area (Å²) in [5.41, 5.74) is 0.0782. The highest BCUT2D eigenvalue weighted by Gasteiger charge is 2.20. The molecule has 0 saturated heterocycles. The van der Waals surface area contributed by atoms with Crippen LogP contribution in [0.1, 0.15) is 17.3 Å². The summed E-state index contributed by atoms with van der Waals surface area (Å²) in [5, 5.41) is 1.65. The molecule has 106 valence electrons. The number of pyridine rings is 1. The first-order chi connectivity index (χ1) is 9.54. The maximum atomic E-state index is 12.1. The average Bonchev–Trinajstić information content (AvgIpc) is 2.94. The van der Waals surface area contributed by atoms with Crippen molar-refractivity contribution in [2.75, 3.05) is 11.3 Å². The molecule has 1 N–H and O–H groups in total. The van der Waals surface area contributed by atoms with E-state index in [1.807, 2.05) is 0 Å². The second-order valence-electron chi connectivity index (χ2n) is 3.66. The fraction of sp³-hybridized carbons (Fsp3) is 0.167. The number of ether oxygens (including phenoxy) is 1. The lowest BCUT2D eigenvalue weighted by Gasteiger charge is -2.09. The second-order valence-corrected chi connectivity index (χ2v) is 6.51. The van der Waals surface area contributed by atoms with Crippen molar-refractivity contribution < 1.29 is 17.9 Å². The minimum atomic E-state index is -3.74. The number of carbonyl (C=O) groups is 1. The van der Waals surface area contributed by atoms with E-state index in [0.717, 1.165) is 11.3 Å². The number of aromatic nitrogens is 1. The largest absolute Gasteiger partial charge is 0.462 e. The van der Waals surface area contributed by atoms with Crippen molar-refractivity contribution in [1.82, 2.24) is 4.98 Å². The lowest BCUT2D eigenvalue weighted by Crippen LogP contribution is -2.16. The van der Waals surface area contributed by atoms with Crippen molar-refractivity contribution in [3.63, 3.8) is 0 Å². The summed E-state index contributed by atoms with van der Waals surface area (Å²) < 4.78 is 31.5. The Morgan fingerprint density at radius 2 is 2.20 bits per heavy atom. The Labute approximate surface area is 120 Å². The molecule has 0 spiro atoms. The van der Waals surface area contributed by atoms with Crippen LogP contribution in [-0.2, 0) is 14.8 Å². The van der Waals surface area contributed by atoms with Crippen molar-refractivity contribution in [3.05, 3.63) is 41.4 Å². The third-order valence-electron chi connectivity index (χ3n) is 2.29. The smallest absolute Gasteiger partial charge is 0.341 e. The third kappa shape index (κ3) is 3.14. The average molecular weight is 312 g/mol. The van der Waals surface area contributed by atoms with Crippen molar-refractivity contribution >= 4 is 33.1 Å². The van der Waals surface area contributed by atoms with Crippen LogP contribution in [0.3, 0.4) is 0 Å². The quantitative estimate of drug-likeness (QED) is 0.855. The van der Waals surface area contributed by atoms with E-state index in [-0.39, 0.29) is 22.2 Å². The lowest BCUT2D eigenvalue weighted by atomic mass is 10.2. The van der Waals surface area contributed by atoms with Crippen LogP contribution in [0.2, 0.25) is 0 Å². The van der Waals surface area contributed by atoms with Crippen molar-refractivity contribution in [3.8, 4) is 0 Å². The van der Waals surface area contributed by atoms with Crippen LogP contribution in [0.15, 0.2) is 40.1 Å². The number of sulfonamides is 1. The number of nitrogens with one attached hydrogen (secondary N) is 1. The highest BCUT2D eigenvalue weighted by molar-refractivity contribution is 7.94. The van der Waals surface area contributed by atoms with E-state index in [2.05, 4.69) is 9.71 Å². The minimum absolute atomic E-state index is 0.0423. The van der Waals surface area contributed by atoms with Crippen LogP contribution < -0.4 is 4.72 Å². The summed E-state index contributed by atoms with van der Waals surface area (Å²) >= 11 is 1.08. The molecule has 2 heterocycles. The Bertz CT molecular complexity index is 696. The fourth-order valence-electron chi connectivity index (χ4n) is 1.45. The summed E-state index contributed by atoms with van der Waals surface area (Å²) in [4.78, 5) is 15.6. The number of anilines is 1. The number of nitrogens with zero attached hydrogens (tertiary/aromatic N) is 1. The molecule has 6 nitrogen and oxygen atoms in total.